The van der Waals surface area contributed by atoms with Crippen molar-refractivity contribution in [1.82, 2.24) is 9.97 Å². The molecule has 0 saturated heterocycles. The van der Waals surface area contributed by atoms with Gasteiger partial charge in [0.1, 0.15) is 23.6 Å². The van der Waals surface area contributed by atoms with Crippen LogP contribution in [0, 0.1) is 11.6 Å². The Labute approximate surface area is 151 Å². The molecule has 0 aliphatic heterocycles. The maximum atomic E-state index is 13.8. The van der Waals surface area contributed by atoms with Crippen LogP contribution in [0.2, 0.25) is 10.0 Å². The van der Waals surface area contributed by atoms with Crippen molar-refractivity contribution in [3.8, 4) is 0 Å². The summed E-state index contributed by atoms with van der Waals surface area (Å²) in [6.45, 7) is 0. The summed E-state index contributed by atoms with van der Waals surface area (Å²) in [4.78, 5) is 7.98. The Morgan fingerprint density at radius 1 is 0.880 bits per heavy atom. The van der Waals surface area contributed by atoms with Gasteiger partial charge in [0.15, 0.2) is 11.6 Å². The van der Waals surface area contributed by atoms with Crippen LogP contribution in [-0.4, -0.2) is 9.97 Å². The van der Waals surface area contributed by atoms with Crippen molar-refractivity contribution < 1.29 is 8.78 Å². The largest absolute Gasteiger partial charge is 0.393 e. The first kappa shape index (κ1) is 17.2. The second kappa shape index (κ2) is 7.08. The van der Waals surface area contributed by atoms with E-state index in [2.05, 4.69) is 20.6 Å². The topological polar surface area (TPSA) is 75.9 Å². The minimum atomic E-state index is -0.646. The van der Waals surface area contributed by atoms with E-state index in [1.54, 1.807) is 18.2 Å². The molecule has 5 nitrogen and oxygen atoms in total. The molecule has 1 aromatic heterocycles. The van der Waals surface area contributed by atoms with Crippen LogP contribution in [-0.2, 0) is 0 Å². The molecule has 3 rings (SSSR count). The fourth-order valence-corrected chi connectivity index (χ4v) is 2.37. The molecule has 0 aliphatic rings. The summed E-state index contributed by atoms with van der Waals surface area (Å²) >= 11 is 12.0. The van der Waals surface area contributed by atoms with E-state index in [-0.39, 0.29) is 23.0 Å². The molecule has 9 heteroatoms. The van der Waals surface area contributed by atoms with E-state index < -0.39 is 11.6 Å². The van der Waals surface area contributed by atoms with Crippen molar-refractivity contribution in [1.29, 1.82) is 0 Å². The molecule has 0 atom stereocenters. The average Bonchev–Trinajstić information content (AvgIpc) is 2.58. The van der Waals surface area contributed by atoms with Gasteiger partial charge in [0.25, 0.3) is 0 Å². The summed E-state index contributed by atoms with van der Waals surface area (Å²) in [5.74, 6) is -0.897. The predicted molar refractivity (Wildman–Crippen MR) is 95.8 cm³/mol. The minimum absolute atomic E-state index is 0.0993. The van der Waals surface area contributed by atoms with E-state index in [9.17, 15) is 8.78 Å². The van der Waals surface area contributed by atoms with Gasteiger partial charge in [0, 0.05) is 11.1 Å². The van der Waals surface area contributed by atoms with E-state index in [1.165, 1.54) is 6.33 Å². The fraction of sp³-hybridized carbons (Fsp3) is 0. The molecule has 0 spiro atoms. The molecule has 0 saturated carbocycles. The van der Waals surface area contributed by atoms with Crippen LogP contribution in [0.1, 0.15) is 0 Å². The highest BCUT2D eigenvalue weighted by Crippen LogP contribution is 2.32. The van der Waals surface area contributed by atoms with Gasteiger partial charge in [0.2, 0.25) is 0 Å². The molecule has 0 amide bonds. The molecule has 0 bridgehead atoms. The zero-order valence-electron chi connectivity index (χ0n) is 12.5. The number of nitrogens with zero attached hydrogens (tertiary/aromatic N) is 2. The Morgan fingerprint density at radius 3 is 2.28 bits per heavy atom. The summed E-state index contributed by atoms with van der Waals surface area (Å²) in [5, 5.41) is 6.46. The van der Waals surface area contributed by atoms with Gasteiger partial charge < -0.3 is 16.4 Å². The maximum absolute atomic E-state index is 13.8. The van der Waals surface area contributed by atoms with Crippen LogP contribution in [0.4, 0.5) is 37.5 Å². The van der Waals surface area contributed by atoms with Gasteiger partial charge in [-0.2, -0.15) is 0 Å². The number of aromatic nitrogens is 2. The molecule has 1 heterocycles. The van der Waals surface area contributed by atoms with E-state index in [4.69, 9.17) is 28.9 Å². The van der Waals surface area contributed by atoms with E-state index in [0.29, 0.717) is 15.7 Å². The molecule has 0 aliphatic carbocycles. The third-order valence-electron chi connectivity index (χ3n) is 3.25. The van der Waals surface area contributed by atoms with Crippen LogP contribution >= 0.6 is 23.2 Å². The van der Waals surface area contributed by atoms with Gasteiger partial charge in [-0.3, -0.25) is 0 Å². The molecule has 128 valence electrons. The van der Waals surface area contributed by atoms with Gasteiger partial charge in [-0.1, -0.05) is 23.2 Å². The lowest BCUT2D eigenvalue weighted by Gasteiger charge is -2.14. The van der Waals surface area contributed by atoms with Crippen molar-refractivity contribution in [3.05, 3.63) is 64.4 Å². The van der Waals surface area contributed by atoms with Crippen LogP contribution < -0.4 is 16.4 Å². The van der Waals surface area contributed by atoms with Gasteiger partial charge >= 0.3 is 0 Å². The summed E-state index contributed by atoms with van der Waals surface area (Å²) in [5.41, 5.74) is 6.50. The lowest BCUT2D eigenvalue weighted by molar-refractivity contribution is 0.603. The molecular formula is C16H11Cl2F2N5. The smallest absolute Gasteiger partial charge is 0.159 e. The zero-order valence-corrected chi connectivity index (χ0v) is 14.0. The first-order valence-electron chi connectivity index (χ1n) is 6.98. The van der Waals surface area contributed by atoms with Crippen molar-refractivity contribution >= 4 is 51.9 Å². The molecular weight excluding hydrogens is 371 g/mol. The third-order valence-corrected chi connectivity index (χ3v) is 3.81. The zero-order chi connectivity index (χ0) is 18.0. The van der Waals surface area contributed by atoms with Crippen molar-refractivity contribution in [3.63, 3.8) is 0 Å². The summed E-state index contributed by atoms with van der Waals surface area (Å²) in [7, 11) is 0. The van der Waals surface area contributed by atoms with Gasteiger partial charge in [-0.15, -0.1) is 0 Å². The fourth-order valence-electron chi connectivity index (χ4n) is 2.04. The van der Waals surface area contributed by atoms with E-state index >= 15 is 0 Å². The number of hydrogen-bond donors (Lipinski definition) is 3. The Balaban J connectivity index is 1.92. The Bertz CT molecular complexity index is 865. The standard InChI is InChI=1S/C16H11Cl2F2N5/c17-8-1-3-10(18)12(5-8)24-15-14(21)16(23-7-22-15)25-13-6-9(19)2-4-11(13)20/h1-7H,21H2,(H2,22,23,24,25). The molecule has 25 heavy (non-hydrogen) atoms. The van der Waals surface area contributed by atoms with Crippen LogP contribution in [0.5, 0.6) is 0 Å². The van der Waals surface area contributed by atoms with Crippen LogP contribution in [0.3, 0.4) is 0 Å². The Morgan fingerprint density at radius 2 is 1.56 bits per heavy atom. The SMILES string of the molecule is Nc1c(Nc2cc(F)ccc2F)ncnc1Nc1cc(Cl)ccc1Cl. The molecule has 0 unspecified atom stereocenters. The van der Waals surface area contributed by atoms with Gasteiger partial charge in [-0.25, -0.2) is 18.7 Å². The number of hydrogen-bond acceptors (Lipinski definition) is 5. The minimum Gasteiger partial charge on any atom is -0.393 e. The van der Waals surface area contributed by atoms with E-state index in [0.717, 1.165) is 18.2 Å². The maximum Gasteiger partial charge on any atom is 0.159 e. The molecule has 4 N–H and O–H groups in total. The number of anilines is 5. The monoisotopic (exact) mass is 381 g/mol. The van der Waals surface area contributed by atoms with Gasteiger partial charge in [-0.05, 0) is 30.3 Å². The number of halogens is 4. The van der Waals surface area contributed by atoms with Crippen molar-refractivity contribution in [2.75, 3.05) is 16.4 Å². The quantitative estimate of drug-likeness (QED) is 0.583. The summed E-state index contributed by atoms with van der Waals surface area (Å²) in [6, 6.07) is 7.86. The average molecular weight is 382 g/mol. The van der Waals surface area contributed by atoms with Crippen LogP contribution in [0.25, 0.3) is 0 Å². The lowest BCUT2D eigenvalue weighted by Crippen LogP contribution is -2.06. The van der Waals surface area contributed by atoms with Crippen LogP contribution in [0.15, 0.2) is 42.7 Å². The van der Waals surface area contributed by atoms with Gasteiger partial charge in [0.05, 0.1) is 16.4 Å². The van der Waals surface area contributed by atoms with E-state index in [1.807, 2.05) is 0 Å². The third kappa shape index (κ3) is 3.89. The lowest BCUT2D eigenvalue weighted by atomic mass is 10.3. The summed E-state index contributed by atoms with van der Waals surface area (Å²) in [6.07, 6.45) is 1.22. The number of nitrogens with two attached hydrogens (primary N) is 1. The van der Waals surface area contributed by atoms with Crippen molar-refractivity contribution in [2.24, 2.45) is 0 Å². The Hall–Kier alpha value is -2.64. The number of nitrogen functional groups attached to an aromatic ring is 1. The molecule has 2 aromatic carbocycles. The highest BCUT2D eigenvalue weighted by atomic mass is 35.5. The number of nitrogens with one attached hydrogen (secondary N) is 2. The molecule has 3 aromatic rings. The second-order valence-corrected chi connectivity index (χ2v) is 5.83. The molecule has 0 fully saturated rings. The normalized spacial score (nSPS) is 10.6. The second-order valence-electron chi connectivity index (χ2n) is 4.98. The van der Waals surface area contributed by atoms with Crippen molar-refractivity contribution in [2.45, 2.75) is 0 Å². The summed E-state index contributed by atoms with van der Waals surface area (Å²) < 4.78 is 27.1. The Kier molecular flexibility index (Phi) is 4.87. The highest BCUT2D eigenvalue weighted by molar-refractivity contribution is 6.35. The first-order valence-corrected chi connectivity index (χ1v) is 7.74. The highest BCUT2D eigenvalue weighted by Gasteiger charge is 2.12. The molecule has 0 radical (unpaired) electrons. The number of benzene rings is 2. The first-order chi connectivity index (χ1) is 11.9. The number of rotatable bonds is 4. The predicted octanol–water partition coefficient (Wildman–Crippen LogP) is 5.13.